The summed E-state index contributed by atoms with van der Waals surface area (Å²) < 4.78 is 31.2. The van der Waals surface area contributed by atoms with Gasteiger partial charge >= 0.3 is 0 Å². The molecule has 1 N–H and O–H groups in total. The topological polar surface area (TPSA) is 75.7 Å². The molecule has 2 rings (SSSR count). The van der Waals surface area contributed by atoms with E-state index in [1.807, 2.05) is 6.92 Å². The van der Waals surface area contributed by atoms with Crippen LogP contribution in [-0.4, -0.2) is 33.7 Å². The second-order valence-electron chi connectivity index (χ2n) is 5.91. The largest absolute Gasteiger partial charge is 0.495 e. The lowest BCUT2D eigenvalue weighted by atomic mass is 10.2. The van der Waals surface area contributed by atoms with Gasteiger partial charge in [0.25, 0.3) is 0 Å². The molecular formula is C18H21ClN2O4S. The maximum Gasteiger partial charge on any atom is 0.247 e. The Morgan fingerprint density at radius 3 is 2.35 bits per heavy atom. The minimum Gasteiger partial charge on any atom is -0.495 e. The highest BCUT2D eigenvalue weighted by atomic mass is 35.5. The van der Waals surface area contributed by atoms with Crippen LogP contribution in [0.15, 0.2) is 42.5 Å². The first-order chi connectivity index (χ1) is 12.1. The van der Waals surface area contributed by atoms with Gasteiger partial charge in [0, 0.05) is 10.7 Å². The van der Waals surface area contributed by atoms with Crippen LogP contribution >= 0.6 is 11.6 Å². The normalized spacial score (nSPS) is 12.3. The van der Waals surface area contributed by atoms with Gasteiger partial charge in [-0.25, -0.2) is 8.42 Å². The standard InChI is InChI=1S/C18H21ClN2O4S/c1-12-5-10-17(25-3)16(11-12)21(26(4,23)24)13(2)18(22)20-15-8-6-14(19)7-9-15/h5-11,13H,1-4H3,(H,20,22). The maximum absolute atomic E-state index is 12.7. The number of nitrogens with zero attached hydrogens (tertiary/aromatic N) is 1. The van der Waals surface area contributed by atoms with Crippen LogP contribution in [0.3, 0.4) is 0 Å². The molecule has 1 amide bonds. The Balaban J connectivity index is 2.39. The van der Waals surface area contributed by atoms with Crippen molar-refractivity contribution in [3.05, 3.63) is 53.1 Å². The van der Waals surface area contributed by atoms with Gasteiger partial charge < -0.3 is 10.1 Å². The lowest BCUT2D eigenvalue weighted by molar-refractivity contribution is -0.116. The van der Waals surface area contributed by atoms with E-state index in [2.05, 4.69) is 5.32 Å². The van der Waals surface area contributed by atoms with Crippen molar-refractivity contribution in [2.24, 2.45) is 0 Å². The molecule has 1 unspecified atom stereocenters. The zero-order chi connectivity index (χ0) is 19.5. The molecule has 1 atom stereocenters. The van der Waals surface area contributed by atoms with Crippen molar-refractivity contribution >= 4 is 38.9 Å². The van der Waals surface area contributed by atoms with Crippen molar-refractivity contribution < 1.29 is 17.9 Å². The lowest BCUT2D eigenvalue weighted by Crippen LogP contribution is -2.45. The van der Waals surface area contributed by atoms with Crippen molar-refractivity contribution in [2.75, 3.05) is 23.0 Å². The average Bonchev–Trinajstić information content (AvgIpc) is 2.56. The minimum atomic E-state index is -3.74. The van der Waals surface area contributed by atoms with E-state index in [1.54, 1.807) is 42.5 Å². The zero-order valence-corrected chi connectivity index (χ0v) is 16.6. The molecule has 0 aliphatic heterocycles. The summed E-state index contributed by atoms with van der Waals surface area (Å²) in [6, 6.07) is 10.7. The molecule has 0 saturated heterocycles. The number of methoxy groups -OCH3 is 1. The van der Waals surface area contributed by atoms with Crippen molar-refractivity contribution in [1.29, 1.82) is 0 Å². The second-order valence-corrected chi connectivity index (χ2v) is 8.20. The molecule has 0 heterocycles. The summed E-state index contributed by atoms with van der Waals surface area (Å²) in [6.45, 7) is 3.36. The fourth-order valence-electron chi connectivity index (χ4n) is 2.53. The molecule has 26 heavy (non-hydrogen) atoms. The molecule has 0 radical (unpaired) electrons. The number of benzene rings is 2. The Hall–Kier alpha value is -2.25. The number of anilines is 2. The molecule has 6 nitrogen and oxygen atoms in total. The minimum absolute atomic E-state index is 0.314. The number of ether oxygens (including phenoxy) is 1. The first-order valence-corrected chi connectivity index (χ1v) is 10.1. The lowest BCUT2D eigenvalue weighted by Gasteiger charge is -2.29. The summed E-state index contributed by atoms with van der Waals surface area (Å²) in [7, 11) is -2.29. The van der Waals surface area contributed by atoms with Gasteiger partial charge in [0.05, 0.1) is 19.1 Å². The van der Waals surface area contributed by atoms with Crippen LogP contribution in [0.2, 0.25) is 5.02 Å². The number of amides is 1. The van der Waals surface area contributed by atoms with Gasteiger partial charge in [0.1, 0.15) is 11.8 Å². The predicted octanol–water partition coefficient (Wildman–Crippen LogP) is 3.45. The molecule has 0 spiro atoms. The van der Waals surface area contributed by atoms with Crippen molar-refractivity contribution in [3.63, 3.8) is 0 Å². The van der Waals surface area contributed by atoms with Gasteiger partial charge in [-0.05, 0) is 55.8 Å². The quantitative estimate of drug-likeness (QED) is 0.811. The van der Waals surface area contributed by atoms with Crippen LogP contribution in [0.4, 0.5) is 11.4 Å². The van der Waals surface area contributed by atoms with E-state index in [1.165, 1.54) is 14.0 Å². The summed E-state index contributed by atoms with van der Waals surface area (Å²) in [6.07, 6.45) is 1.06. The zero-order valence-electron chi connectivity index (χ0n) is 15.0. The number of carbonyl (C=O) groups excluding carboxylic acids is 1. The number of hydrogen-bond acceptors (Lipinski definition) is 4. The first-order valence-electron chi connectivity index (χ1n) is 7.84. The van der Waals surface area contributed by atoms with Gasteiger partial charge in [-0.1, -0.05) is 17.7 Å². The van der Waals surface area contributed by atoms with Gasteiger partial charge in [-0.15, -0.1) is 0 Å². The smallest absolute Gasteiger partial charge is 0.247 e. The molecule has 0 saturated carbocycles. The number of hydrogen-bond donors (Lipinski definition) is 1. The highest BCUT2D eigenvalue weighted by molar-refractivity contribution is 7.92. The van der Waals surface area contributed by atoms with Crippen molar-refractivity contribution in [3.8, 4) is 5.75 Å². The Bertz CT molecular complexity index is 898. The molecule has 140 valence electrons. The van der Waals surface area contributed by atoms with Crippen LogP contribution in [0.5, 0.6) is 5.75 Å². The Morgan fingerprint density at radius 1 is 1.19 bits per heavy atom. The molecule has 0 aliphatic carbocycles. The Labute approximate surface area is 158 Å². The highest BCUT2D eigenvalue weighted by Crippen LogP contribution is 2.32. The number of halogens is 1. The molecule has 8 heteroatoms. The summed E-state index contributed by atoms with van der Waals surface area (Å²) >= 11 is 5.84. The van der Waals surface area contributed by atoms with Crippen LogP contribution in [0.1, 0.15) is 12.5 Å². The summed E-state index contributed by atoms with van der Waals surface area (Å²) in [5.41, 5.74) is 1.68. The molecular weight excluding hydrogens is 376 g/mol. The number of nitrogens with one attached hydrogen (secondary N) is 1. The molecule has 0 aliphatic rings. The predicted molar refractivity (Wildman–Crippen MR) is 105 cm³/mol. The maximum atomic E-state index is 12.7. The third-order valence-corrected chi connectivity index (χ3v) is 5.25. The highest BCUT2D eigenvalue weighted by Gasteiger charge is 2.31. The monoisotopic (exact) mass is 396 g/mol. The second kappa shape index (κ2) is 7.97. The number of carbonyl (C=O) groups is 1. The van der Waals surface area contributed by atoms with Gasteiger partial charge in [0.15, 0.2) is 0 Å². The van der Waals surface area contributed by atoms with Crippen molar-refractivity contribution in [2.45, 2.75) is 19.9 Å². The van der Waals surface area contributed by atoms with E-state index in [0.29, 0.717) is 22.1 Å². The Morgan fingerprint density at radius 2 is 1.81 bits per heavy atom. The van der Waals surface area contributed by atoms with E-state index in [4.69, 9.17) is 16.3 Å². The fraction of sp³-hybridized carbons (Fsp3) is 0.278. The number of rotatable bonds is 6. The molecule has 0 bridgehead atoms. The molecule has 2 aromatic rings. The summed E-state index contributed by atoms with van der Waals surface area (Å²) in [5.74, 6) is -0.103. The average molecular weight is 397 g/mol. The van der Waals surface area contributed by atoms with Crippen LogP contribution < -0.4 is 14.4 Å². The summed E-state index contributed by atoms with van der Waals surface area (Å²) in [5, 5.41) is 3.24. The van der Waals surface area contributed by atoms with Gasteiger partial charge in [0.2, 0.25) is 15.9 Å². The fourth-order valence-corrected chi connectivity index (χ4v) is 3.83. The van der Waals surface area contributed by atoms with Crippen LogP contribution in [-0.2, 0) is 14.8 Å². The third kappa shape index (κ3) is 4.68. The number of aryl methyl sites for hydroxylation is 1. The van der Waals surface area contributed by atoms with E-state index in [0.717, 1.165) is 16.1 Å². The van der Waals surface area contributed by atoms with Crippen LogP contribution in [0, 0.1) is 6.92 Å². The Kier molecular flexibility index (Phi) is 6.15. The van der Waals surface area contributed by atoms with Crippen molar-refractivity contribution in [1.82, 2.24) is 0 Å². The molecule has 0 aromatic heterocycles. The third-order valence-electron chi connectivity index (χ3n) is 3.77. The van der Waals surface area contributed by atoms with E-state index in [9.17, 15) is 13.2 Å². The molecule has 2 aromatic carbocycles. The molecule has 0 fully saturated rings. The SMILES string of the molecule is COc1ccc(C)cc1N(C(C)C(=O)Nc1ccc(Cl)cc1)S(C)(=O)=O. The first kappa shape index (κ1) is 20.1. The van der Waals surface area contributed by atoms with Crippen LogP contribution in [0.25, 0.3) is 0 Å². The van der Waals surface area contributed by atoms with E-state index < -0.39 is 22.0 Å². The van der Waals surface area contributed by atoms with E-state index >= 15 is 0 Å². The van der Waals surface area contributed by atoms with E-state index in [-0.39, 0.29) is 0 Å². The number of sulfonamides is 1. The van der Waals surface area contributed by atoms with Gasteiger partial charge in [-0.3, -0.25) is 9.10 Å². The van der Waals surface area contributed by atoms with Gasteiger partial charge in [-0.2, -0.15) is 0 Å². The summed E-state index contributed by atoms with van der Waals surface area (Å²) in [4.78, 5) is 12.7.